The van der Waals surface area contributed by atoms with Crippen LogP contribution < -0.4 is 11.5 Å². The number of carboxylic acid groups (broad SMARTS) is 2. The van der Waals surface area contributed by atoms with Crippen LogP contribution in [0.15, 0.2) is 0 Å². The molecule has 0 saturated carbocycles. The minimum atomic E-state index is -1.08. The summed E-state index contributed by atoms with van der Waals surface area (Å²) in [6.45, 7) is 0.354. The number of carbonyl (C=O) groups excluding carboxylic acids is 1. The Hall–Kier alpha value is -1.36. The zero-order chi connectivity index (χ0) is 18.9. The van der Waals surface area contributed by atoms with Crippen molar-refractivity contribution in [2.24, 2.45) is 11.5 Å². The number of quaternary nitrogens is 1. The first-order chi connectivity index (χ1) is 10.9. The molecule has 140 valence electrons. The van der Waals surface area contributed by atoms with E-state index in [0.717, 1.165) is 0 Å². The maximum absolute atomic E-state index is 12.0. The zero-order valence-electron chi connectivity index (χ0n) is 14.3. The Morgan fingerprint density at radius 2 is 1.71 bits per heavy atom. The number of nitrogens with two attached hydrogens (primary N) is 2. The van der Waals surface area contributed by atoms with Crippen LogP contribution in [0.3, 0.4) is 0 Å². The predicted molar refractivity (Wildman–Crippen MR) is 90.6 cm³/mol. The summed E-state index contributed by atoms with van der Waals surface area (Å²) >= 11 is 1.28. The first-order valence-electron chi connectivity index (χ1n) is 7.47. The topological polar surface area (TPSA) is 153 Å². The summed E-state index contributed by atoms with van der Waals surface area (Å²) in [5.74, 6) is -2.11. The van der Waals surface area contributed by atoms with Crippen LogP contribution in [-0.2, 0) is 19.1 Å². The van der Waals surface area contributed by atoms with Crippen molar-refractivity contribution in [1.29, 1.82) is 0 Å². The Labute approximate surface area is 145 Å². The number of hydrogen-bond donors (Lipinski definition) is 4. The van der Waals surface area contributed by atoms with Crippen molar-refractivity contribution in [3.8, 4) is 0 Å². The lowest BCUT2D eigenvalue weighted by Crippen LogP contribution is -2.45. The zero-order valence-corrected chi connectivity index (χ0v) is 15.1. The molecule has 0 aliphatic carbocycles. The Balaban J connectivity index is 4.33. The average molecular weight is 366 g/mol. The highest BCUT2D eigenvalue weighted by molar-refractivity contribution is 7.99. The van der Waals surface area contributed by atoms with Crippen molar-refractivity contribution in [2.75, 3.05) is 39.2 Å². The van der Waals surface area contributed by atoms with Gasteiger partial charge in [-0.05, 0) is 12.2 Å². The standard InChI is InChI=1S/C14H27N3O6S/c1-17(2,3)7-9(6-12(18)19)23-14(22)10(15)4-5-24-8-11(16)13(20)21/h9-11H,4-8,15-16H2,1-3H3,(H-,18,19,20,21)/p+1/t9?,10-,11?/m0/s1. The van der Waals surface area contributed by atoms with Gasteiger partial charge in [-0.1, -0.05) is 0 Å². The van der Waals surface area contributed by atoms with Crippen molar-refractivity contribution in [3.05, 3.63) is 0 Å². The fourth-order valence-electron chi connectivity index (χ4n) is 1.81. The van der Waals surface area contributed by atoms with E-state index in [2.05, 4.69) is 0 Å². The number of rotatable bonds is 12. The molecule has 0 aromatic heterocycles. The summed E-state index contributed by atoms with van der Waals surface area (Å²) in [7, 11) is 5.60. The Morgan fingerprint density at radius 1 is 1.12 bits per heavy atom. The van der Waals surface area contributed by atoms with Gasteiger partial charge in [-0.25, -0.2) is 0 Å². The molecule has 3 atom stereocenters. The van der Waals surface area contributed by atoms with Crippen molar-refractivity contribution < 1.29 is 33.8 Å². The molecule has 24 heavy (non-hydrogen) atoms. The number of hydrogen-bond acceptors (Lipinski definition) is 7. The van der Waals surface area contributed by atoms with Gasteiger partial charge in [-0.2, -0.15) is 11.8 Å². The third kappa shape index (κ3) is 11.2. The molecule has 10 heteroatoms. The van der Waals surface area contributed by atoms with Crippen LogP contribution in [0.25, 0.3) is 0 Å². The molecule has 0 aliphatic heterocycles. The molecule has 9 nitrogen and oxygen atoms in total. The summed E-state index contributed by atoms with van der Waals surface area (Å²) < 4.78 is 5.67. The van der Waals surface area contributed by atoms with E-state index in [9.17, 15) is 14.4 Å². The normalized spacial score (nSPS) is 15.4. The van der Waals surface area contributed by atoms with E-state index in [1.807, 2.05) is 21.1 Å². The van der Waals surface area contributed by atoms with E-state index >= 15 is 0 Å². The quantitative estimate of drug-likeness (QED) is 0.192. The molecule has 0 amide bonds. The highest BCUT2D eigenvalue weighted by Crippen LogP contribution is 2.10. The summed E-state index contributed by atoms with van der Waals surface area (Å²) in [6.07, 6.45) is -0.745. The number of thioether (sulfide) groups is 1. The number of carbonyl (C=O) groups is 3. The van der Waals surface area contributed by atoms with Crippen LogP contribution in [0.2, 0.25) is 0 Å². The van der Waals surface area contributed by atoms with Gasteiger partial charge in [0, 0.05) is 5.75 Å². The van der Waals surface area contributed by atoms with Gasteiger partial charge >= 0.3 is 17.9 Å². The van der Waals surface area contributed by atoms with Crippen molar-refractivity contribution >= 4 is 29.7 Å². The van der Waals surface area contributed by atoms with Gasteiger partial charge in [-0.3, -0.25) is 14.4 Å². The van der Waals surface area contributed by atoms with Gasteiger partial charge in [0.05, 0.1) is 27.6 Å². The Morgan fingerprint density at radius 3 is 2.17 bits per heavy atom. The molecule has 0 fully saturated rings. The minimum absolute atomic E-state index is 0.222. The molecule has 0 rings (SSSR count). The second-order valence-corrected chi connectivity index (χ2v) is 7.69. The second kappa shape index (κ2) is 10.5. The monoisotopic (exact) mass is 366 g/mol. The lowest BCUT2D eigenvalue weighted by Gasteiger charge is -2.28. The van der Waals surface area contributed by atoms with Crippen LogP contribution in [-0.4, -0.2) is 90.0 Å². The molecule has 0 bridgehead atoms. The number of carboxylic acids is 2. The Bertz CT molecular complexity index is 441. The lowest BCUT2D eigenvalue weighted by atomic mass is 10.2. The summed E-state index contributed by atoms with van der Waals surface area (Å²) in [5.41, 5.74) is 11.1. The van der Waals surface area contributed by atoms with E-state index in [4.69, 9.17) is 26.4 Å². The molecule has 0 aromatic carbocycles. The van der Waals surface area contributed by atoms with Crippen molar-refractivity contribution in [1.82, 2.24) is 0 Å². The largest absolute Gasteiger partial charge is 0.481 e. The summed E-state index contributed by atoms with van der Waals surface area (Å²) in [4.78, 5) is 33.4. The van der Waals surface area contributed by atoms with E-state index in [0.29, 0.717) is 23.2 Å². The molecule has 0 aliphatic rings. The highest BCUT2D eigenvalue weighted by atomic mass is 32.2. The highest BCUT2D eigenvalue weighted by Gasteiger charge is 2.27. The van der Waals surface area contributed by atoms with Crippen molar-refractivity contribution in [3.63, 3.8) is 0 Å². The molecular formula is C14H28N3O6S+. The molecule has 6 N–H and O–H groups in total. The van der Waals surface area contributed by atoms with Gasteiger partial charge < -0.3 is 30.9 Å². The fraction of sp³-hybridized carbons (Fsp3) is 0.786. The van der Waals surface area contributed by atoms with E-state index in [1.165, 1.54) is 11.8 Å². The van der Waals surface area contributed by atoms with Gasteiger partial charge in [0.15, 0.2) is 6.10 Å². The van der Waals surface area contributed by atoms with Crippen LogP contribution in [0.1, 0.15) is 12.8 Å². The SMILES string of the molecule is C[N+](C)(C)CC(CC(=O)O)OC(=O)[C@@H](N)CCSCC(N)C(=O)O. The van der Waals surface area contributed by atoms with E-state index in [1.54, 1.807) is 0 Å². The number of ether oxygens (including phenoxy) is 1. The maximum atomic E-state index is 12.0. The average Bonchev–Trinajstić information content (AvgIpc) is 2.39. The number of nitrogens with zero attached hydrogens (tertiary/aromatic N) is 1. The van der Waals surface area contributed by atoms with Gasteiger partial charge in [-0.15, -0.1) is 0 Å². The molecule has 0 spiro atoms. The van der Waals surface area contributed by atoms with Crippen molar-refractivity contribution in [2.45, 2.75) is 31.0 Å². The number of likely N-dealkylation sites (N-methyl/N-ethyl adjacent to an activating group) is 1. The molecule has 0 radical (unpaired) electrons. The van der Waals surface area contributed by atoms with Gasteiger partial charge in [0.25, 0.3) is 0 Å². The molecule has 2 unspecified atom stereocenters. The predicted octanol–water partition coefficient (Wildman–Crippen LogP) is -1.06. The molecule has 0 aromatic rings. The van der Waals surface area contributed by atoms with Gasteiger partial charge in [0.1, 0.15) is 18.6 Å². The number of esters is 1. The van der Waals surface area contributed by atoms with E-state index in [-0.39, 0.29) is 12.2 Å². The smallest absolute Gasteiger partial charge is 0.323 e. The molecular weight excluding hydrogens is 338 g/mol. The van der Waals surface area contributed by atoms with Gasteiger partial charge in [0.2, 0.25) is 0 Å². The van der Waals surface area contributed by atoms with Crippen LogP contribution in [0, 0.1) is 0 Å². The Kier molecular flexibility index (Phi) is 9.90. The van der Waals surface area contributed by atoms with Crippen LogP contribution in [0.5, 0.6) is 0 Å². The molecule has 0 heterocycles. The second-order valence-electron chi connectivity index (χ2n) is 6.54. The summed E-state index contributed by atoms with van der Waals surface area (Å²) in [6, 6.07) is -1.84. The first-order valence-corrected chi connectivity index (χ1v) is 8.62. The minimum Gasteiger partial charge on any atom is -0.481 e. The third-order valence-corrected chi connectivity index (χ3v) is 4.05. The maximum Gasteiger partial charge on any atom is 0.323 e. The summed E-state index contributed by atoms with van der Waals surface area (Å²) in [5, 5.41) is 17.6. The van der Waals surface area contributed by atoms with Crippen LogP contribution >= 0.6 is 11.8 Å². The lowest BCUT2D eigenvalue weighted by molar-refractivity contribution is -0.873. The van der Waals surface area contributed by atoms with E-state index < -0.39 is 36.1 Å². The fourth-order valence-corrected chi connectivity index (χ4v) is 2.79. The molecule has 0 saturated heterocycles. The number of aliphatic carboxylic acids is 2. The van der Waals surface area contributed by atoms with Crippen LogP contribution in [0.4, 0.5) is 0 Å². The third-order valence-electron chi connectivity index (χ3n) is 2.93. The first kappa shape index (κ1) is 22.6.